The Hall–Kier alpha value is -1.64. The first-order chi connectivity index (χ1) is 9.16. The summed E-state index contributed by atoms with van der Waals surface area (Å²) < 4.78 is 37.1. The molecule has 0 unspecified atom stereocenters. The molecule has 0 aromatic carbocycles. The Balaban J connectivity index is 2.85. The SMILES string of the molecule is CC[C@H](C)[C@H](NC(=O)c1csc(C(F)(F)F)n1)C(=O)O. The van der Waals surface area contributed by atoms with Crippen LogP contribution in [-0.2, 0) is 11.0 Å². The molecule has 112 valence electrons. The van der Waals surface area contributed by atoms with Crippen LogP contribution >= 0.6 is 11.3 Å². The molecule has 0 aliphatic carbocycles. The summed E-state index contributed by atoms with van der Waals surface area (Å²) in [6.45, 7) is 3.37. The Morgan fingerprint density at radius 2 is 2.10 bits per heavy atom. The van der Waals surface area contributed by atoms with Crippen LogP contribution in [0.15, 0.2) is 5.38 Å². The smallest absolute Gasteiger partial charge is 0.443 e. The summed E-state index contributed by atoms with van der Waals surface area (Å²) in [5.41, 5.74) is -0.433. The second-order valence-electron chi connectivity index (χ2n) is 4.21. The predicted molar refractivity (Wildman–Crippen MR) is 65.5 cm³/mol. The van der Waals surface area contributed by atoms with E-state index in [4.69, 9.17) is 5.11 Å². The molecule has 1 heterocycles. The highest BCUT2D eigenvalue weighted by atomic mass is 32.1. The maximum atomic E-state index is 12.4. The van der Waals surface area contributed by atoms with E-state index in [1.54, 1.807) is 13.8 Å². The number of halogens is 3. The minimum absolute atomic E-state index is 0.290. The monoisotopic (exact) mass is 310 g/mol. The van der Waals surface area contributed by atoms with E-state index >= 15 is 0 Å². The summed E-state index contributed by atoms with van der Waals surface area (Å²) in [6.07, 6.45) is -4.12. The van der Waals surface area contributed by atoms with Crippen LogP contribution in [0.4, 0.5) is 13.2 Å². The molecule has 0 aliphatic rings. The average molecular weight is 310 g/mol. The normalized spacial score (nSPS) is 14.7. The van der Waals surface area contributed by atoms with Crippen molar-refractivity contribution in [3.05, 3.63) is 16.1 Å². The summed E-state index contributed by atoms with van der Waals surface area (Å²) in [4.78, 5) is 25.9. The third kappa shape index (κ3) is 3.92. The van der Waals surface area contributed by atoms with Gasteiger partial charge in [0.15, 0.2) is 5.01 Å². The maximum absolute atomic E-state index is 12.4. The van der Waals surface area contributed by atoms with Crippen molar-refractivity contribution >= 4 is 23.2 Å². The van der Waals surface area contributed by atoms with Crippen LogP contribution in [0.3, 0.4) is 0 Å². The lowest BCUT2D eigenvalue weighted by Gasteiger charge is -2.19. The number of carbonyl (C=O) groups excluding carboxylic acids is 1. The van der Waals surface area contributed by atoms with E-state index < -0.39 is 34.8 Å². The van der Waals surface area contributed by atoms with E-state index in [1.165, 1.54) is 0 Å². The lowest BCUT2D eigenvalue weighted by Crippen LogP contribution is -2.45. The van der Waals surface area contributed by atoms with Gasteiger partial charge >= 0.3 is 12.1 Å². The van der Waals surface area contributed by atoms with Crippen LogP contribution in [-0.4, -0.2) is 28.0 Å². The second-order valence-corrected chi connectivity index (χ2v) is 5.07. The number of hydrogen-bond acceptors (Lipinski definition) is 4. The van der Waals surface area contributed by atoms with Crippen LogP contribution in [0.2, 0.25) is 0 Å². The highest BCUT2D eigenvalue weighted by Gasteiger charge is 2.35. The number of carboxylic acids is 1. The lowest BCUT2D eigenvalue weighted by molar-refractivity contribution is -0.140. The van der Waals surface area contributed by atoms with Crippen LogP contribution < -0.4 is 5.32 Å². The molecule has 20 heavy (non-hydrogen) atoms. The highest BCUT2D eigenvalue weighted by molar-refractivity contribution is 7.09. The molecule has 0 spiro atoms. The summed E-state index contributed by atoms with van der Waals surface area (Å²) >= 11 is 0.290. The Morgan fingerprint density at radius 1 is 1.50 bits per heavy atom. The van der Waals surface area contributed by atoms with E-state index in [2.05, 4.69) is 10.3 Å². The molecule has 0 fully saturated rings. The minimum Gasteiger partial charge on any atom is -0.480 e. The number of aliphatic carboxylic acids is 1. The standard InChI is InChI=1S/C11H13F3N2O3S/c1-3-5(2)7(9(18)19)16-8(17)6-4-20-10(15-6)11(12,13)14/h4-5,7H,3H2,1-2H3,(H,16,17)(H,18,19)/t5-,7-/m0/s1. The fourth-order valence-corrected chi connectivity index (χ4v) is 2.07. The van der Waals surface area contributed by atoms with Crippen LogP contribution in [0.25, 0.3) is 0 Å². The van der Waals surface area contributed by atoms with Gasteiger partial charge in [0, 0.05) is 5.38 Å². The van der Waals surface area contributed by atoms with Crippen LogP contribution in [0, 0.1) is 5.92 Å². The van der Waals surface area contributed by atoms with E-state index in [0.29, 0.717) is 17.8 Å². The second kappa shape index (κ2) is 6.21. The van der Waals surface area contributed by atoms with E-state index in [0.717, 1.165) is 5.38 Å². The van der Waals surface area contributed by atoms with Gasteiger partial charge in [0.2, 0.25) is 0 Å². The van der Waals surface area contributed by atoms with Gasteiger partial charge in [0.05, 0.1) is 0 Å². The molecule has 2 atom stereocenters. The molecule has 0 saturated heterocycles. The molecule has 9 heteroatoms. The van der Waals surface area contributed by atoms with Gasteiger partial charge in [-0.25, -0.2) is 9.78 Å². The van der Waals surface area contributed by atoms with Crippen molar-refractivity contribution < 1.29 is 27.9 Å². The third-order valence-electron chi connectivity index (χ3n) is 2.74. The molecule has 2 N–H and O–H groups in total. The molecule has 0 bridgehead atoms. The van der Waals surface area contributed by atoms with Crippen molar-refractivity contribution in [1.29, 1.82) is 0 Å². The van der Waals surface area contributed by atoms with Crippen LogP contribution in [0.1, 0.15) is 35.8 Å². The maximum Gasteiger partial charge on any atom is 0.443 e. The first-order valence-electron chi connectivity index (χ1n) is 5.73. The highest BCUT2D eigenvalue weighted by Crippen LogP contribution is 2.31. The Bertz CT molecular complexity index is 501. The zero-order chi connectivity index (χ0) is 15.5. The van der Waals surface area contributed by atoms with Gasteiger partial charge in [-0.15, -0.1) is 11.3 Å². The molecule has 0 saturated carbocycles. The number of thiazole rings is 1. The lowest BCUT2D eigenvalue weighted by atomic mass is 9.99. The van der Waals surface area contributed by atoms with Crippen LogP contribution in [0.5, 0.6) is 0 Å². The molecule has 1 rings (SSSR count). The zero-order valence-corrected chi connectivity index (χ0v) is 11.5. The number of alkyl halides is 3. The number of amides is 1. The van der Waals surface area contributed by atoms with Gasteiger partial charge in [0.25, 0.3) is 5.91 Å². The Kier molecular flexibility index (Phi) is 5.09. The molecule has 5 nitrogen and oxygen atoms in total. The number of hydrogen-bond donors (Lipinski definition) is 2. The van der Waals surface area contributed by atoms with Crippen molar-refractivity contribution in [3.8, 4) is 0 Å². The molecular formula is C11H13F3N2O3S. The molecule has 0 radical (unpaired) electrons. The number of carbonyl (C=O) groups is 2. The third-order valence-corrected chi connectivity index (χ3v) is 3.63. The topological polar surface area (TPSA) is 79.3 Å². The first-order valence-corrected chi connectivity index (χ1v) is 6.61. The number of nitrogens with zero attached hydrogens (tertiary/aromatic N) is 1. The molecule has 0 aliphatic heterocycles. The molecule has 1 aromatic heterocycles. The fourth-order valence-electron chi connectivity index (χ4n) is 1.41. The average Bonchev–Trinajstić information content (AvgIpc) is 2.83. The largest absolute Gasteiger partial charge is 0.480 e. The van der Waals surface area contributed by atoms with Gasteiger partial charge in [-0.3, -0.25) is 4.79 Å². The first kappa shape index (κ1) is 16.4. The number of aromatic nitrogens is 1. The van der Waals surface area contributed by atoms with Gasteiger partial charge in [-0.05, 0) is 5.92 Å². The number of carboxylic acid groups (broad SMARTS) is 1. The summed E-state index contributed by atoms with van der Waals surface area (Å²) in [5, 5.41) is 11.0. The van der Waals surface area contributed by atoms with Gasteiger partial charge in [0.1, 0.15) is 11.7 Å². The van der Waals surface area contributed by atoms with Crippen molar-refractivity contribution in [1.82, 2.24) is 10.3 Å². The number of nitrogens with one attached hydrogen (secondary N) is 1. The van der Waals surface area contributed by atoms with Gasteiger partial charge in [-0.1, -0.05) is 20.3 Å². The fraction of sp³-hybridized carbons (Fsp3) is 0.545. The minimum atomic E-state index is -4.62. The zero-order valence-electron chi connectivity index (χ0n) is 10.7. The number of rotatable bonds is 5. The van der Waals surface area contributed by atoms with Gasteiger partial charge < -0.3 is 10.4 Å². The molecular weight excluding hydrogens is 297 g/mol. The molecule has 1 amide bonds. The Labute approximate surface area is 116 Å². The van der Waals surface area contributed by atoms with Crippen molar-refractivity contribution in [2.75, 3.05) is 0 Å². The predicted octanol–water partition coefficient (Wildman–Crippen LogP) is 2.39. The summed E-state index contributed by atoms with van der Waals surface area (Å²) in [5.74, 6) is -2.51. The quantitative estimate of drug-likeness (QED) is 0.875. The van der Waals surface area contributed by atoms with Gasteiger partial charge in [-0.2, -0.15) is 13.2 Å². The van der Waals surface area contributed by atoms with Crippen molar-refractivity contribution in [2.24, 2.45) is 5.92 Å². The van der Waals surface area contributed by atoms with E-state index in [-0.39, 0.29) is 5.92 Å². The van der Waals surface area contributed by atoms with Crippen molar-refractivity contribution in [2.45, 2.75) is 32.5 Å². The van der Waals surface area contributed by atoms with E-state index in [1.807, 2.05) is 0 Å². The Morgan fingerprint density at radius 3 is 2.50 bits per heavy atom. The summed E-state index contributed by atoms with van der Waals surface area (Å²) in [7, 11) is 0. The van der Waals surface area contributed by atoms with Crippen molar-refractivity contribution in [3.63, 3.8) is 0 Å². The molecule has 1 aromatic rings. The summed E-state index contributed by atoms with van der Waals surface area (Å²) in [6, 6.07) is -1.16. The van der Waals surface area contributed by atoms with E-state index in [9.17, 15) is 22.8 Å².